The normalized spacial score (nSPS) is 16.5. The summed E-state index contributed by atoms with van der Waals surface area (Å²) in [7, 11) is 0. The number of benzene rings is 1. The fourth-order valence-corrected chi connectivity index (χ4v) is 2.94. The van der Waals surface area contributed by atoms with E-state index in [1.807, 2.05) is 0 Å². The summed E-state index contributed by atoms with van der Waals surface area (Å²) in [5.74, 6) is 0.0187. The smallest absolute Gasteiger partial charge is 0.255 e. The van der Waals surface area contributed by atoms with E-state index in [4.69, 9.17) is 17.3 Å². The van der Waals surface area contributed by atoms with E-state index in [-0.39, 0.29) is 11.5 Å². The van der Waals surface area contributed by atoms with Crippen LogP contribution in [0.4, 0.5) is 4.39 Å². The highest BCUT2D eigenvalue weighted by Gasteiger charge is 2.25. The first-order valence-electron chi connectivity index (χ1n) is 6.98. The number of amides is 1. The van der Waals surface area contributed by atoms with Crippen molar-refractivity contribution in [1.29, 1.82) is 0 Å². The van der Waals surface area contributed by atoms with Gasteiger partial charge in [0.1, 0.15) is 5.82 Å². The minimum absolute atomic E-state index is 0.180. The number of rotatable bonds is 3. The number of likely N-dealkylation sites (tertiary alicyclic amines) is 1. The summed E-state index contributed by atoms with van der Waals surface area (Å²) in [6.45, 7) is 3.70. The molecule has 3 nitrogen and oxygen atoms in total. The van der Waals surface area contributed by atoms with Crippen LogP contribution in [-0.4, -0.2) is 30.4 Å². The monoisotopic (exact) mass is 298 g/mol. The van der Waals surface area contributed by atoms with Gasteiger partial charge in [-0.25, -0.2) is 4.39 Å². The third kappa shape index (κ3) is 3.30. The van der Waals surface area contributed by atoms with Crippen molar-refractivity contribution in [2.24, 2.45) is 11.7 Å². The molecule has 5 heteroatoms. The van der Waals surface area contributed by atoms with Gasteiger partial charge in [-0.1, -0.05) is 11.6 Å². The van der Waals surface area contributed by atoms with E-state index in [1.165, 1.54) is 12.1 Å². The molecule has 0 aromatic heterocycles. The van der Waals surface area contributed by atoms with Gasteiger partial charge in [0, 0.05) is 13.1 Å². The molecule has 0 spiro atoms. The van der Waals surface area contributed by atoms with E-state index < -0.39 is 5.82 Å². The zero-order chi connectivity index (χ0) is 14.7. The average Bonchev–Trinajstić information content (AvgIpc) is 2.43. The molecule has 20 heavy (non-hydrogen) atoms. The lowest BCUT2D eigenvalue weighted by Crippen LogP contribution is -2.39. The molecule has 1 aromatic rings. The molecule has 1 aromatic carbocycles. The van der Waals surface area contributed by atoms with Gasteiger partial charge in [0.15, 0.2) is 0 Å². The maximum atomic E-state index is 13.6. The lowest BCUT2D eigenvalue weighted by molar-refractivity contribution is 0.0687. The Hall–Kier alpha value is -1.13. The third-order valence-corrected chi connectivity index (χ3v) is 4.27. The maximum absolute atomic E-state index is 13.6. The first-order valence-corrected chi connectivity index (χ1v) is 7.35. The van der Waals surface area contributed by atoms with E-state index in [2.05, 4.69) is 0 Å². The zero-order valence-corrected chi connectivity index (χ0v) is 12.4. The first kappa shape index (κ1) is 15.3. The Kier molecular flexibility index (Phi) is 5.00. The van der Waals surface area contributed by atoms with Gasteiger partial charge in [0.25, 0.3) is 5.91 Å². The number of carbonyl (C=O) groups is 1. The van der Waals surface area contributed by atoms with Crippen LogP contribution in [0.25, 0.3) is 0 Å². The van der Waals surface area contributed by atoms with Crippen LogP contribution in [0.1, 0.15) is 35.2 Å². The summed E-state index contributed by atoms with van der Waals surface area (Å²) in [6, 6.07) is 2.75. The zero-order valence-electron chi connectivity index (χ0n) is 11.7. The lowest BCUT2D eigenvalue weighted by atomic mass is 9.93. The largest absolute Gasteiger partial charge is 0.339 e. The molecule has 0 unspecified atom stereocenters. The number of halogens is 2. The molecule has 0 bridgehead atoms. The molecule has 0 saturated carbocycles. The first-order chi connectivity index (χ1) is 9.52. The van der Waals surface area contributed by atoms with Crippen molar-refractivity contribution in [3.8, 4) is 0 Å². The van der Waals surface area contributed by atoms with Crippen LogP contribution in [0, 0.1) is 18.7 Å². The number of nitrogens with zero attached hydrogens (tertiary/aromatic N) is 1. The van der Waals surface area contributed by atoms with E-state index in [9.17, 15) is 9.18 Å². The summed E-state index contributed by atoms with van der Waals surface area (Å²) in [5, 5.41) is 0.318. The molecule has 1 amide bonds. The number of nitrogens with two attached hydrogens (primary N) is 1. The van der Waals surface area contributed by atoms with Crippen molar-refractivity contribution in [1.82, 2.24) is 4.90 Å². The Morgan fingerprint density at radius 3 is 2.70 bits per heavy atom. The Morgan fingerprint density at radius 2 is 2.10 bits per heavy atom. The predicted octanol–water partition coefficient (Wildman–Crippen LogP) is 2.99. The van der Waals surface area contributed by atoms with Crippen molar-refractivity contribution in [3.05, 3.63) is 34.1 Å². The molecule has 1 saturated heterocycles. The average molecular weight is 299 g/mol. The summed E-state index contributed by atoms with van der Waals surface area (Å²) >= 11 is 6.06. The van der Waals surface area contributed by atoms with Gasteiger partial charge in [-0.3, -0.25) is 4.79 Å². The number of piperidine rings is 1. The van der Waals surface area contributed by atoms with Crippen molar-refractivity contribution in [2.45, 2.75) is 26.2 Å². The lowest BCUT2D eigenvalue weighted by Gasteiger charge is -2.32. The standard InChI is InChI=1S/C15H20ClFN2O/c1-10-8-13(16)12(9-14(10)17)15(20)19-6-3-11(2-5-18)4-7-19/h8-9,11H,2-7,18H2,1H3. The topological polar surface area (TPSA) is 46.3 Å². The molecule has 0 aliphatic carbocycles. The van der Waals surface area contributed by atoms with Gasteiger partial charge in [-0.2, -0.15) is 0 Å². The van der Waals surface area contributed by atoms with E-state index in [1.54, 1.807) is 11.8 Å². The number of aryl methyl sites for hydroxylation is 1. The van der Waals surface area contributed by atoms with Gasteiger partial charge in [0.2, 0.25) is 0 Å². The fourth-order valence-electron chi connectivity index (χ4n) is 2.64. The highest BCUT2D eigenvalue weighted by molar-refractivity contribution is 6.33. The second-order valence-corrected chi connectivity index (χ2v) is 5.80. The van der Waals surface area contributed by atoms with Gasteiger partial charge in [-0.15, -0.1) is 0 Å². The van der Waals surface area contributed by atoms with Crippen LogP contribution in [0.3, 0.4) is 0 Å². The van der Waals surface area contributed by atoms with Gasteiger partial charge >= 0.3 is 0 Å². The molecule has 1 fully saturated rings. The van der Waals surface area contributed by atoms with E-state index in [0.717, 1.165) is 19.3 Å². The molecule has 0 atom stereocenters. The van der Waals surface area contributed by atoms with Crippen LogP contribution in [0.15, 0.2) is 12.1 Å². The molecule has 1 heterocycles. The summed E-state index contributed by atoms with van der Waals surface area (Å²) in [4.78, 5) is 14.2. The molecular formula is C15H20ClFN2O. The fraction of sp³-hybridized carbons (Fsp3) is 0.533. The molecule has 2 rings (SSSR count). The molecule has 110 valence electrons. The third-order valence-electron chi connectivity index (χ3n) is 3.96. The minimum Gasteiger partial charge on any atom is -0.339 e. The van der Waals surface area contributed by atoms with Gasteiger partial charge in [0.05, 0.1) is 10.6 Å². The molecule has 2 N–H and O–H groups in total. The Bertz CT molecular complexity index is 499. The predicted molar refractivity (Wildman–Crippen MR) is 78.4 cm³/mol. The molecule has 1 aliphatic heterocycles. The van der Waals surface area contributed by atoms with E-state index >= 15 is 0 Å². The Balaban J connectivity index is 2.07. The van der Waals surface area contributed by atoms with Crippen LogP contribution < -0.4 is 5.73 Å². The number of hydrogen-bond donors (Lipinski definition) is 1. The quantitative estimate of drug-likeness (QED) is 0.932. The van der Waals surface area contributed by atoms with E-state index in [0.29, 0.717) is 36.1 Å². The van der Waals surface area contributed by atoms with Crippen LogP contribution in [0.5, 0.6) is 0 Å². The van der Waals surface area contributed by atoms with Crippen LogP contribution >= 0.6 is 11.6 Å². The maximum Gasteiger partial charge on any atom is 0.255 e. The minimum atomic E-state index is -0.393. The Morgan fingerprint density at radius 1 is 1.45 bits per heavy atom. The van der Waals surface area contributed by atoms with Crippen LogP contribution in [-0.2, 0) is 0 Å². The van der Waals surface area contributed by atoms with Gasteiger partial charge in [-0.05, 0) is 56.3 Å². The Labute approximate surface area is 123 Å². The van der Waals surface area contributed by atoms with Gasteiger partial charge < -0.3 is 10.6 Å². The van der Waals surface area contributed by atoms with Crippen molar-refractivity contribution < 1.29 is 9.18 Å². The van der Waals surface area contributed by atoms with Crippen LogP contribution in [0.2, 0.25) is 5.02 Å². The van der Waals surface area contributed by atoms with Crippen molar-refractivity contribution in [2.75, 3.05) is 19.6 Å². The summed E-state index contributed by atoms with van der Waals surface area (Å²) < 4.78 is 13.6. The van der Waals surface area contributed by atoms with Crippen molar-refractivity contribution in [3.63, 3.8) is 0 Å². The van der Waals surface area contributed by atoms with Crippen molar-refractivity contribution >= 4 is 17.5 Å². The summed E-state index contributed by atoms with van der Waals surface area (Å²) in [6.07, 6.45) is 2.91. The summed E-state index contributed by atoms with van der Waals surface area (Å²) in [5.41, 5.74) is 6.26. The SMILES string of the molecule is Cc1cc(Cl)c(C(=O)N2CCC(CCN)CC2)cc1F. The molecular weight excluding hydrogens is 279 g/mol. The second kappa shape index (κ2) is 6.55. The number of carbonyl (C=O) groups excluding carboxylic acids is 1. The second-order valence-electron chi connectivity index (χ2n) is 5.39. The molecule has 0 radical (unpaired) electrons. The number of hydrogen-bond acceptors (Lipinski definition) is 2. The molecule has 1 aliphatic rings. The highest BCUT2D eigenvalue weighted by Crippen LogP contribution is 2.25. The highest BCUT2D eigenvalue weighted by atomic mass is 35.5.